The van der Waals surface area contributed by atoms with E-state index in [1.807, 2.05) is 54.3 Å². The molecule has 2 aromatic carbocycles. The van der Waals surface area contributed by atoms with Crippen molar-refractivity contribution in [3.63, 3.8) is 0 Å². The minimum absolute atomic E-state index is 0.159. The van der Waals surface area contributed by atoms with Gasteiger partial charge in [0, 0.05) is 38.5 Å². The Bertz CT molecular complexity index is 1090. The number of hydrogen-bond acceptors (Lipinski definition) is 7. The van der Waals surface area contributed by atoms with Crippen LogP contribution in [0.4, 0.5) is 4.79 Å². The van der Waals surface area contributed by atoms with Gasteiger partial charge in [-0.05, 0) is 48.2 Å². The van der Waals surface area contributed by atoms with Crippen LogP contribution in [0.25, 0.3) is 0 Å². The highest BCUT2D eigenvalue weighted by atomic mass is 16.7. The molecule has 0 aliphatic carbocycles. The van der Waals surface area contributed by atoms with E-state index < -0.39 is 12.3 Å². The molecule has 2 aliphatic heterocycles. The summed E-state index contributed by atoms with van der Waals surface area (Å²) < 4.78 is 22.0. The third kappa shape index (κ3) is 6.32. The van der Waals surface area contributed by atoms with Gasteiger partial charge in [0.05, 0.1) is 13.2 Å². The number of carbonyl (C=O) groups excluding carboxylic acids is 1. The SMILES string of the molecule is CCCCN(CCN1C[C@H](c2ccc3c(c2)OCO3)[C@H](OC(=O)O)[C@H]1c1ccc(OC)cc1)C(=O)CCC. The Balaban J connectivity index is 1.66. The van der Waals surface area contributed by atoms with Crippen LogP contribution in [0.15, 0.2) is 42.5 Å². The number of carbonyl (C=O) groups is 2. The molecule has 1 N–H and O–H groups in total. The second-order valence-electron chi connectivity index (χ2n) is 9.76. The van der Waals surface area contributed by atoms with E-state index in [-0.39, 0.29) is 24.7 Å². The zero-order valence-corrected chi connectivity index (χ0v) is 22.4. The smallest absolute Gasteiger partial charge is 0.497 e. The van der Waals surface area contributed by atoms with Gasteiger partial charge in [0.2, 0.25) is 12.7 Å². The summed E-state index contributed by atoms with van der Waals surface area (Å²) in [6.07, 6.45) is 1.31. The monoisotopic (exact) mass is 526 g/mol. The van der Waals surface area contributed by atoms with Crippen LogP contribution in [-0.2, 0) is 9.53 Å². The van der Waals surface area contributed by atoms with Crippen LogP contribution in [0.3, 0.4) is 0 Å². The quantitative estimate of drug-likeness (QED) is 0.384. The van der Waals surface area contributed by atoms with Crippen molar-refractivity contribution in [1.82, 2.24) is 9.80 Å². The number of nitrogens with zero attached hydrogens (tertiary/aromatic N) is 2. The summed E-state index contributed by atoms with van der Waals surface area (Å²) in [4.78, 5) is 28.9. The molecule has 2 aliphatic rings. The number of methoxy groups -OCH3 is 1. The van der Waals surface area contributed by atoms with Crippen molar-refractivity contribution in [1.29, 1.82) is 0 Å². The summed E-state index contributed by atoms with van der Waals surface area (Å²) in [5.74, 6) is 1.96. The third-order valence-corrected chi connectivity index (χ3v) is 7.31. The van der Waals surface area contributed by atoms with Gasteiger partial charge in [-0.2, -0.15) is 0 Å². The Hall–Kier alpha value is -3.46. The van der Waals surface area contributed by atoms with E-state index in [2.05, 4.69) is 11.8 Å². The van der Waals surface area contributed by atoms with Crippen LogP contribution < -0.4 is 14.2 Å². The van der Waals surface area contributed by atoms with Crippen molar-refractivity contribution in [2.45, 2.75) is 57.6 Å². The lowest BCUT2D eigenvalue weighted by molar-refractivity contribution is -0.131. The van der Waals surface area contributed by atoms with Gasteiger partial charge in [0.1, 0.15) is 11.9 Å². The number of carboxylic acid groups (broad SMARTS) is 1. The Labute approximate surface area is 224 Å². The molecule has 2 heterocycles. The van der Waals surface area contributed by atoms with E-state index >= 15 is 0 Å². The molecular weight excluding hydrogens is 488 g/mol. The van der Waals surface area contributed by atoms with Crippen molar-refractivity contribution in [2.24, 2.45) is 0 Å². The molecular formula is C29H38N2O7. The highest BCUT2D eigenvalue weighted by Crippen LogP contribution is 2.45. The van der Waals surface area contributed by atoms with Crippen LogP contribution in [0, 0.1) is 0 Å². The fourth-order valence-electron chi connectivity index (χ4n) is 5.36. The average molecular weight is 527 g/mol. The number of hydrogen-bond donors (Lipinski definition) is 1. The Kier molecular flexibility index (Phi) is 9.33. The fourth-order valence-corrected chi connectivity index (χ4v) is 5.36. The first-order chi connectivity index (χ1) is 18.4. The highest BCUT2D eigenvalue weighted by molar-refractivity contribution is 5.76. The van der Waals surface area contributed by atoms with Crippen molar-refractivity contribution >= 4 is 12.1 Å². The van der Waals surface area contributed by atoms with Gasteiger partial charge >= 0.3 is 6.16 Å². The zero-order valence-electron chi connectivity index (χ0n) is 22.4. The van der Waals surface area contributed by atoms with Gasteiger partial charge in [0.15, 0.2) is 11.5 Å². The number of likely N-dealkylation sites (tertiary alicyclic amines) is 1. The summed E-state index contributed by atoms with van der Waals surface area (Å²) in [6.45, 7) is 6.75. The summed E-state index contributed by atoms with van der Waals surface area (Å²) in [5, 5.41) is 9.72. The van der Waals surface area contributed by atoms with E-state index in [0.717, 1.165) is 42.7 Å². The molecule has 0 spiro atoms. The van der Waals surface area contributed by atoms with Gasteiger partial charge in [-0.3, -0.25) is 9.69 Å². The van der Waals surface area contributed by atoms with Crippen LogP contribution in [0.2, 0.25) is 0 Å². The molecule has 0 saturated carbocycles. The van der Waals surface area contributed by atoms with E-state index in [4.69, 9.17) is 18.9 Å². The molecule has 0 aromatic heterocycles. The maximum atomic E-state index is 12.8. The summed E-state index contributed by atoms with van der Waals surface area (Å²) in [5.41, 5.74) is 1.85. The predicted molar refractivity (Wildman–Crippen MR) is 142 cm³/mol. The number of amides is 1. The first-order valence-electron chi connectivity index (χ1n) is 13.4. The summed E-state index contributed by atoms with van der Waals surface area (Å²) >= 11 is 0. The zero-order chi connectivity index (χ0) is 27.1. The molecule has 1 amide bonds. The van der Waals surface area contributed by atoms with Gasteiger partial charge in [-0.1, -0.05) is 38.5 Å². The molecule has 9 heteroatoms. The Morgan fingerprint density at radius 3 is 2.45 bits per heavy atom. The van der Waals surface area contributed by atoms with Crippen molar-refractivity contribution in [3.05, 3.63) is 53.6 Å². The number of unbranched alkanes of at least 4 members (excludes halogenated alkanes) is 1. The fraction of sp³-hybridized carbons (Fsp3) is 0.517. The first kappa shape index (κ1) is 27.6. The third-order valence-electron chi connectivity index (χ3n) is 7.31. The molecule has 3 atom stereocenters. The molecule has 1 saturated heterocycles. The van der Waals surface area contributed by atoms with Crippen LogP contribution in [0.5, 0.6) is 17.2 Å². The Morgan fingerprint density at radius 2 is 1.76 bits per heavy atom. The average Bonchev–Trinajstić information content (AvgIpc) is 3.52. The van der Waals surface area contributed by atoms with Gasteiger partial charge in [0.25, 0.3) is 0 Å². The number of ether oxygens (including phenoxy) is 4. The van der Waals surface area contributed by atoms with Crippen molar-refractivity contribution in [2.75, 3.05) is 40.1 Å². The highest BCUT2D eigenvalue weighted by Gasteiger charge is 2.46. The molecule has 4 rings (SSSR count). The number of benzene rings is 2. The van der Waals surface area contributed by atoms with Gasteiger partial charge in [-0.15, -0.1) is 0 Å². The normalized spacial score (nSPS) is 20.3. The molecule has 206 valence electrons. The maximum absolute atomic E-state index is 12.8. The van der Waals surface area contributed by atoms with Crippen LogP contribution >= 0.6 is 0 Å². The largest absolute Gasteiger partial charge is 0.506 e. The molecule has 2 aromatic rings. The van der Waals surface area contributed by atoms with Crippen molar-refractivity contribution < 1.29 is 33.6 Å². The molecule has 1 fully saturated rings. The first-order valence-corrected chi connectivity index (χ1v) is 13.4. The van der Waals surface area contributed by atoms with Gasteiger partial charge < -0.3 is 29.0 Å². The maximum Gasteiger partial charge on any atom is 0.506 e. The molecule has 38 heavy (non-hydrogen) atoms. The topological polar surface area (TPSA) is 97.8 Å². The second-order valence-corrected chi connectivity index (χ2v) is 9.76. The van der Waals surface area contributed by atoms with Crippen LogP contribution in [0.1, 0.15) is 62.6 Å². The van der Waals surface area contributed by atoms with E-state index in [1.165, 1.54) is 0 Å². The lowest BCUT2D eigenvalue weighted by atomic mass is 9.90. The summed E-state index contributed by atoms with van der Waals surface area (Å²) in [6, 6.07) is 13.0. The summed E-state index contributed by atoms with van der Waals surface area (Å²) in [7, 11) is 1.61. The molecule has 0 bridgehead atoms. The second kappa shape index (κ2) is 12.9. The predicted octanol–water partition coefficient (Wildman–Crippen LogP) is 5.06. The van der Waals surface area contributed by atoms with E-state index in [9.17, 15) is 14.7 Å². The standard InChI is InChI=1S/C29H38N2O7/c1-4-6-14-30(26(32)7-5-2)15-16-31-18-23(21-10-13-24-25(17-21)37-19-36-24)28(38-29(33)34)27(31)20-8-11-22(35-3)12-9-20/h8-13,17,23,27-28H,4-7,14-16,18-19H2,1-3H3,(H,33,34)/t23-,27-,28+/m1/s1. The molecule has 0 radical (unpaired) electrons. The molecule has 9 nitrogen and oxygen atoms in total. The molecule has 0 unspecified atom stereocenters. The van der Waals surface area contributed by atoms with E-state index in [0.29, 0.717) is 37.6 Å². The van der Waals surface area contributed by atoms with Gasteiger partial charge in [-0.25, -0.2) is 4.79 Å². The minimum atomic E-state index is -1.32. The van der Waals surface area contributed by atoms with E-state index in [1.54, 1.807) is 7.11 Å². The number of rotatable bonds is 12. The number of fused-ring (bicyclic) bond motifs is 1. The van der Waals surface area contributed by atoms with Crippen molar-refractivity contribution in [3.8, 4) is 17.2 Å². The minimum Gasteiger partial charge on any atom is -0.497 e. The Morgan fingerprint density at radius 1 is 1.03 bits per heavy atom. The van der Waals surface area contributed by atoms with Crippen LogP contribution in [-0.4, -0.2) is 73.2 Å². The lowest BCUT2D eigenvalue weighted by Crippen LogP contribution is -2.40. The lowest BCUT2D eigenvalue weighted by Gasteiger charge is -2.31.